The summed E-state index contributed by atoms with van der Waals surface area (Å²) in [6.07, 6.45) is 6.71. The topological polar surface area (TPSA) is 37.6 Å². The number of hydrogen-bond acceptors (Lipinski definition) is 3. The van der Waals surface area contributed by atoms with Crippen LogP contribution < -0.4 is 0 Å². The predicted molar refractivity (Wildman–Crippen MR) is 135 cm³/mol. The zero-order valence-electron chi connectivity index (χ0n) is 18.9. The molecule has 32 heavy (non-hydrogen) atoms. The van der Waals surface area contributed by atoms with E-state index in [-0.39, 0.29) is 11.9 Å². The number of aliphatic imine (C=N–C) groups is 1. The van der Waals surface area contributed by atoms with Gasteiger partial charge in [0.25, 0.3) is 5.91 Å². The van der Waals surface area contributed by atoms with Gasteiger partial charge in [-0.3, -0.25) is 9.69 Å². The Balaban J connectivity index is 1.60. The molecule has 1 aromatic heterocycles. The van der Waals surface area contributed by atoms with Gasteiger partial charge in [-0.25, -0.2) is 4.99 Å². The molecule has 2 aromatic carbocycles. The Morgan fingerprint density at radius 1 is 1.03 bits per heavy atom. The van der Waals surface area contributed by atoms with Gasteiger partial charge in [-0.05, 0) is 61.7 Å². The summed E-state index contributed by atoms with van der Waals surface area (Å²) in [5.74, 6) is 0.573. The van der Waals surface area contributed by atoms with Gasteiger partial charge in [-0.1, -0.05) is 56.2 Å². The molecule has 0 unspecified atom stereocenters. The molecule has 2 aliphatic rings. The number of rotatable bonds is 3. The van der Waals surface area contributed by atoms with E-state index < -0.39 is 0 Å². The number of fused-ring (bicyclic) bond motifs is 1. The van der Waals surface area contributed by atoms with Gasteiger partial charge in [0.15, 0.2) is 5.17 Å². The van der Waals surface area contributed by atoms with Crippen molar-refractivity contribution in [1.29, 1.82) is 0 Å². The molecule has 2 atom stereocenters. The average Bonchev–Trinajstić information content (AvgIpc) is 3.24. The molecule has 0 spiro atoms. The zero-order valence-corrected chi connectivity index (χ0v) is 19.7. The molecule has 1 saturated carbocycles. The smallest absolute Gasteiger partial charge is 0.267 e. The van der Waals surface area contributed by atoms with Crippen LogP contribution in [0.5, 0.6) is 0 Å². The van der Waals surface area contributed by atoms with Crippen LogP contribution >= 0.6 is 11.8 Å². The van der Waals surface area contributed by atoms with Crippen molar-refractivity contribution in [2.45, 2.75) is 45.6 Å². The number of amides is 1. The van der Waals surface area contributed by atoms with Crippen LogP contribution in [0.1, 0.15) is 43.9 Å². The van der Waals surface area contributed by atoms with E-state index >= 15 is 0 Å². The number of aromatic nitrogens is 1. The van der Waals surface area contributed by atoms with Crippen molar-refractivity contribution in [3.63, 3.8) is 0 Å². The first-order valence-corrected chi connectivity index (χ1v) is 12.3. The van der Waals surface area contributed by atoms with Gasteiger partial charge in [0.2, 0.25) is 0 Å². The molecule has 1 amide bonds. The fraction of sp³-hybridized carbons (Fsp3) is 0.333. The van der Waals surface area contributed by atoms with Crippen LogP contribution in [0.25, 0.3) is 17.0 Å². The highest BCUT2D eigenvalue weighted by molar-refractivity contribution is 8.18. The van der Waals surface area contributed by atoms with E-state index in [9.17, 15) is 4.79 Å². The first kappa shape index (κ1) is 21.1. The lowest BCUT2D eigenvalue weighted by Crippen LogP contribution is -2.44. The highest BCUT2D eigenvalue weighted by Crippen LogP contribution is 2.41. The molecule has 5 heteroatoms. The normalized spacial score (nSPS) is 24.2. The summed E-state index contributed by atoms with van der Waals surface area (Å²) < 4.78 is 2.20. The summed E-state index contributed by atoms with van der Waals surface area (Å²) in [6, 6.07) is 18.6. The maximum Gasteiger partial charge on any atom is 0.267 e. The minimum atomic E-state index is 0.0933. The molecule has 2 fully saturated rings. The summed E-state index contributed by atoms with van der Waals surface area (Å²) >= 11 is 1.52. The monoisotopic (exact) mass is 443 g/mol. The van der Waals surface area contributed by atoms with E-state index in [0.29, 0.717) is 5.92 Å². The standard InChI is InChI=1S/C27H29N3OS/c1-18-11-7-9-15-23(18)30-26(31)25(32-27(30)28-20-12-5-4-6-13-20)17-22-19(2)29(3)24-16-10-8-14-21(22)24/h4-6,8,10,12-14,16-18,23H,7,9,11,15H2,1-3H3/b25-17-,28-27?/t18-,23+/m0/s1. The highest BCUT2D eigenvalue weighted by Gasteiger charge is 2.41. The number of benzene rings is 2. The molecular weight excluding hydrogens is 414 g/mol. The van der Waals surface area contributed by atoms with Gasteiger partial charge >= 0.3 is 0 Å². The maximum absolute atomic E-state index is 13.8. The molecule has 1 saturated heterocycles. The van der Waals surface area contributed by atoms with Gasteiger partial charge in [0, 0.05) is 35.2 Å². The summed E-state index contributed by atoms with van der Waals surface area (Å²) in [6.45, 7) is 4.40. The van der Waals surface area contributed by atoms with E-state index in [4.69, 9.17) is 4.99 Å². The predicted octanol–water partition coefficient (Wildman–Crippen LogP) is 6.67. The maximum atomic E-state index is 13.8. The number of nitrogens with zero attached hydrogens (tertiary/aromatic N) is 3. The Kier molecular flexibility index (Phi) is 5.68. The Bertz CT molecular complexity index is 1220. The molecule has 5 rings (SSSR count). The summed E-state index contributed by atoms with van der Waals surface area (Å²) in [4.78, 5) is 21.4. The summed E-state index contributed by atoms with van der Waals surface area (Å²) in [7, 11) is 2.08. The average molecular weight is 444 g/mol. The Morgan fingerprint density at radius 3 is 2.53 bits per heavy atom. The SMILES string of the molecule is Cc1c(/C=C2\SC(=Nc3ccccc3)N([C@@H]3CCCC[C@@H]3C)C2=O)c2ccccc2n1C. The minimum Gasteiger partial charge on any atom is -0.347 e. The lowest BCUT2D eigenvalue weighted by Gasteiger charge is -2.35. The Labute approximate surface area is 194 Å². The number of amidine groups is 1. The number of hydrogen-bond donors (Lipinski definition) is 0. The van der Waals surface area contributed by atoms with Crippen LogP contribution in [0.2, 0.25) is 0 Å². The van der Waals surface area contributed by atoms with Gasteiger partial charge < -0.3 is 4.57 Å². The van der Waals surface area contributed by atoms with E-state index in [1.807, 2.05) is 35.2 Å². The van der Waals surface area contributed by atoms with Crippen molar-refractivity contribution in [3.8, 4) is 0 Å². The second-order valence-electron chi connectivity index (χ2n) is 8.92. The van der Waals surface area contributed by atoms with E-state index in [1.165, 1.54) is 41.9 Å². The first-order valence-electron chi connectivity index (χ1n) is 11.5. The minimum absolute atomic E-state index is 0.0933. The quantitative estimate of drug-likeness (QED) is 0.424. The number of carbonyl (C=O) groups excluding carboxylic acids is 1. The fourth-order valence-electron chi connectivity index (χ4n) is 5.01. The fourth-order valence-corrected chi connectivity index (χ4v) is 6.04. The second kappa shape index (κ2) is 8.62. The molecule has 0 N–H and O–H groups in total. The van der Waals surface area contributed by atoms with Crippen LogP contribution in [-0.2, 0) is 11.8 Å². The van der Waals surface area contributed by atoms with Crippen molar-refractivity contribution in [2.24, 2.45) is 18.0 Å². The van der Waals surface area contributed by atoms with Crippen molar-refractivity contribution in [1.82, 2.24) is 9.47 Å². The summed E-state index contributed by atoms with van der Waals surface area (Å²) in [5, 5.41) is 1.99. The van der Waals surface area contributed by atoms with Crippen LogP contribution in [0.3, 0.4) is 0 Å². The van der Waals surface area contributed by atoms with Gasteiger partial charge in [-0.15, -0.1) is 0 Å². The number of thioether (sulfide) groups is 1. The molecule has 2 heterocycles. The van der Waals surface area contributed by atoms with E-state index in [0.717, 1.165) is 33.4 Å². The molecule has 0 bridgehead atoms. The molecule has 0 radical (unpaired) electrons. The zero-order chi connectivity index (χ0) is 22.2. The molecule has 3 aromatic rings. The van der Waals surface area contributed by atoms with Crippen molar-refractivity contribution < 1.29 is 4.79 Å². The van der Waals surface area contributed by atoms with Crippen molar-refractivity contribution in [3.05, 3.63) is 70.8 Å². The molecule has 4 nitrogen and oxygen atoms in total. The van der Waals surface area contributed by atoms with Crippen molar-refractivity contribution in [2.75, 3.05) is 0 Å². The van der Waals surface area contributed by atoms with E-state index in [1.54, 1.807) is 0 Å². The Hall–Kier alpha value is -2.79. The summed E-state index contributed by atoms with van der Waals surface area (Å²) in [5.41, 5.74) is 4.36. The third-order valence-electron chi connectivity index (χ3n) is 6.94. The van der Waals surface area contributed by atoms with Gasteiger partial charge in [-0.2, -0.15) is 0 Å². The van der Waals surface area contributed by atoms with Crippen LogP contribution in [0, 0.1) is 12.8 Å². The number of para-hydroxylation sites is 2. The molecule has 164 valence electrons. The third-order valence-corrected chi connectivity index (χ3v) is 7.92. The van der Waals surface area contributed by atoms with Gasteiger partial charge in [0.05, 0.1) is 10.6 Å². The Morgan fingerprint density at radius 2 is 1.75 bits per heavy atom. The lowest BCUT2D eigenvalue weighted by atomic mass is 9.85. The number of carbonyl (C=O) groups is 1. The second-order valence-corrected chi connectivity index (χ2v) is 9.93. The van der Waals surface area contributed by atoms with E-state index in [2.05, 4.69) is 55.8 Å². The van der Waals surface area contributed by atoms with Crippen LogP contribution in [-0.4, -0.2) is 26.6 Å². The lowest BCUT2D eigenvalue weighted by molar-refractivity contribution is -0.124. The molecular formula is C27H29N3OS. The third kappa shape index (κ3) is 3.69. The van der Waals surface area contributed by atoms with Gasteiger partial charge in [0.1, 0.15) is 0 Å². The number of aryl methyl sites for hydroxylation is 1. The van der Waals surface area contributed by atoms with Crippen molar-refractivity contribution >= 4 is 45.5 Å². The molecule has 1 aliphatic carbocycles. The first-order chi connectivity index (χ1) is 15.5. The molecule has 1 aliphatic heterocycles. The van der Waals surface area contributed by atoms with Crippen LogP contribution in [0.15, 0.2) is 64.5 Å². The highest BCUT2D eigenvalue weighted by atomic mass is 32.2. The largest absolute Gasteiger partial charge is 0.347 e. The van der Waals surface area contributed by atoms with Crippen LogP contribution in [0.4, 0.5) is 5.69 Å².